The van der Waals surface area contributed by atoms with Crippen molar-refractivity contribution in [3.63, 3.8) is 0 Å². The molecule has 4 N–H and O–H groups in total. The molecule has 2 aromatic carbocycles. The molecule has 0 spiro atoms. The van der Waals surface area contributed by atoms with E-state index < -0.39 is 24.3 Å². The number of rotatable bonds is 10. The molecule has 1 aliphatic carbocycles. The van der Waals surface area contributed by atoms with Crippen molar-refractivity contribution in [3.8, 4) is 5.75 Å². The number of nitrogens with zero attached hydrogens (tertiary/aromatic N) is 1. The molecule has 2 amide bonds. The molecular weight excluding hydrogens is 470 g/mol. The van der Waals surface area contributed by atoms with E-state index in [4.69, 9.17) is 4.74 Å². The maximum atomic E-state index is 13.0. The number of carbonyl (C=O) groups excluding carboxylic acids is 2. The van der Waals surface area contributed by atoms with Crippen LogP contribution in [0.25, 0.3) is 0 Å². The normalized spacial score (nSPS) is 22.5. The standard InChI is InChI=1S/C29H39N3O5/c1-18(2)16-32(27-23-12-10-21(33)15-24(23)30-28(27)35)17-26(34)25(14-20-7-5-4-6-8-20)31-29(36)37-22-11-9-19(3)13-22/h4-8,10,12,15,18-19,22,25-27,33-34H,9,11,13-14,16-17H2,1-3H3,(H,30,35)(H,31,36). The number of carbonyl (C=O) groups is 2. The van der Waals surface area contributed by atoms with Gasteiger partial charge >= 0.3 is 6.09 Å². The van der Waals surface area contributed by atoms with E-state index in [1.165, 1.54) is 6.07 Å². The largest absolute Gasteiger partial charge is 0.508 e. The van der Waals surface area contributed by atoms with E-state index in [1.54, 1.807) is 12.1 Å². The highest BCUT2D eigenvalue weighted by Gasteiger charge is 2.38. The molecule has 0 bridgehead atoms. The molecule has 1 heterocycles. The highest BCUT2D eigenvalue weighted by Crippen LogP contribution is 2.37. The SMILES string of the molecule is CC(C)CN(CC(O)C(Cc1ccccc1)NC(=O)OC1CCC(C)C1)C1C(=O)Nc2cc(O)ccc21. The van der Waals surface area contributed by atoms with E-state index in [0.717, 1.165) is 30.4 Å². The Labute approximate surface area is 219 Å². The van der Waals surface area contributed by atoms with Gasteiger partial charge in [-0.1, -0.05) is 57.2 Å². The zero-order chi connectivity index (χ0) is 26.5. The predicted molar refractivity (Wildman–Crippen MR) is 142 cm³/mol. The molecule has 2 aromatic rings. The van der Waals surface area contributed by atoms with E-state index in [2.05, 4.69) is 31.4 Å². The smallest absolute Gasteiger partial charge is 0.407 e. The maximum Gasteiger partial charge on any atom is 0.407 e. The van der Waals surface area contributed by atoms with Crippen LogP contribution >= 0.6 is 0 Å². The Kier molecular flexibility index (Phi) is 8.71. The van der Waals surface area contributed by atoms with E-state index in [-0.39, 0.29) is 30.2 Å². The second kappa shape index (κ2) is 12.0. The Morgan fingerprint density at radius 1 is 1.16 bits per heavy atom. The van der Waals surface area contributed by atoms with Gasteiger partial charge in [0.05, 0.1) is 12.1 Å². The van der Waals surface area contributed by atoms with Crippen molar-refractivity contribution in [2.45, 2.75) is 70.7 Å². The number of fused-ring (bicyclic) bond motifs is 1. The highest BCUT2D eigenvalue weighted by atomic mass is 16.6. The van der Waals surface area contributed by atoms with Gasteiger partial charge in [-0.25, -0.2) is 4.79 Å². The van der Waals surface area contributed by atoms with Crippen LogP contribution < -0.4 is 10.6 Å². The minimum absolute atomic E-state index is 0.0810. The van der Waals surface area contributed by atoms with Crippen LogP contribution in [0.4, 0.5) is 10.5 Å². The van der Waals surface area contributed by atoms with Crippen molar-refractivity contribution in [3.05, 3.63) is 59.7 Å². The minimum Gasteiger partial charge on any atom is -0.508 e. The van der Waals surface area contributed by atoms with Gasteiger partial charge < -0.3 is 25.6 Å². The van der Waals surface area contributed by atoms with Crippen molar-refractivity contribution in [2.24, 2.45) is 11.8 Å². The summed E-state index contributed by atoms with van der Waals surface area (Å²) in [6, 6.07) is 13.3. The van der Waals surface area contributed by atoms with E-state index in [1.807, 2.05) is 35.2 Å². The van der Waals surface area contributed by atoms with Crippen molar-refractivity contribution in [2.75, 3.05) is 18.4 Å². The fraction of sp³-hybridized carbons (Fsp3) is 0.517. The van der Waals surface area contributed by atoms with Crippen LogP contribution in [0.1, 0.15) is 57.2 Å². The highest BCUT2D eigenvalue weighted by molar-refractivity contribution is 6.02. The molecule has 1 saturated carbocycles. The Hall–Kier alpha value is -3.10. The van der Waals surface area contributed by atoms with E-state index >= 15 is 0 Å². The third-order valence-electron chi connectivity index (χ3n) is 7.21. The number of aromatic hydroxyl groups is 1. The Morgan fingerprint density at radius 2 is 1.92 bits per heavy atom. The van der Waals surface area contributed by atoms with Crippen molar-refractivity contribution >= 4 is 17.7 Å². The zero-order valence-electron chi connectivity index (χ0n) is 21.9. The first-order valence-electron chi connectivity index (χ1n) is 13.3. The molecule has 8 heteroatoms. The zero-order valence-corrected chi connectivity index (χ0v) is 21.9. The number of ether oxygens (including phenoxy) is 1. The summed E-state index contributed by atoms with van der Waals surface area (Å²) in [5.74, 6) is 0.652. The summed E-state index contributed by atoms with van der Waals surface area (Å²) in [6.45, 7) is 7.02. The lowest BCUT2D eigenvalue weighted by molar-refractivity contribution is -0.121. The monoisotopic (exact) mass is 509 g/mol. The number of hydrogen-bond donors (Lipinski definition) is 4. The second-order valence-corrected chi connectivity index (χ2v) is 11.0. The summed E-state index contributed by atoms with van der Waals surface area (Å²) in [7, 11) is 0. The quantitative estimate of drug-likeness (QED) is 0.382. The molecule has 0 aromatic heterocycles. The van der Waals surface area contributed by atoms with E-state index in [9.17, 15) is 19.8 Å². The molecule has 0 saturated heterocycles. The third kappa shape index (κ3) is 7.02. The van der Waals surface area contributed by atoms with Crippen molar-refractivity contribution < 1.29 is 24.5 Å². The lowest BCUT2D eigenvalue weighted by atomic mass is 9.98. The molecule has 5 atom stereocenters. The van der Waals surface area contributed by atoms with Gasteiger partial charge in [0.25, 0.3) is 0 Å². The Morgan fingerprint density at radius 3 is 2.59 bits per heavy atom. The van der Waals surface area contributed by atoms with Gasteiger partial charge in [0.1, 0.15) is 17.9 Å². The summed E-state index contributed by atoms with van der Waals surface area (Å²) in [4.78, 5) is 27.8. The summed E-state index contributed by atoms with van der Waals surface area (Å²) in [6.07, 6.45) is 1.60. The first-order valence-corrected chi connectivity index (χ1v) is 13.3. The molecular formula is C29H39N3O5. The number of amides is 2. The van der Waals surface area contributed by atoms with Gasteiger partial charge in [-0.3, -0.25) is 9.69 Å². The number of aliphatic hydroxyl groups excluding tert-OH is 1. The van der Waals surface area contributed by atoms with Crippen LogP contribution in [0.3, 0.4) is 0 Å². The van der Waals surface area contributed by atoms with Gasteiger partial charge in [-0.05, 0) is 49.1 Å². The van der Waals surface area contributed by atoms with Crippen LogP contribution in [0.2, 0.25) is 0 Å². The third-order valence-corrected chi connectivity index (χ3v) is 7.21. The average molecular weight is 510 g/mol. The van der Waals surface area contributed by atoms with Crippen LogP contribution in [-0.4, -0.2) is 58.5 Å². The van der Waals surface area contributed by atoms with Gasteiger partial charge in [-0.2, -0.15) is 0 Å². The van der Waals surface area contributed by atoms with Gasteiger partial charge in [-0.15, -0.1) is 0 Å². The maximum absolute atomic E-state index is 13.0. The van der Waals surface area contributed by atoms with Crippen LogP contribution in [0, 0.1) is 11.8 Å². The number of alkyl carbamates (subject to hydrolysis) is 1. The lowest BCUT2D eigenvalue weighted by Crippen LogP contribution is -2.51. The van der Waals surface area contributed by atoms with Crippen molar-refractivity contribution in [1.29, 1.82) is 0 Å². The summed E-state index contributed by atoms with van der Waals surface area (Å²) in [5.41, 5.74) is 2.32. The molecule has 4 rings (SSSR count). The lowest BCUT2D eigenvalue weighted by Gasteiger charge is -2.34. The number of hydrogen-bond acceptors (Lipinski definition) is 6. The number of phenols is 1. The number of aliphatic hydroxyl groups is 1. The van der Waals surface area contributed by atoms with Gasteiger partial charge in [0, 0.05) is 30.4 Å². The summed E-state index contributed by atoms with van der Waals surface area (Å²) in [5, 5.41) is 27.1. The fourth-order valence-electron chi connectivity index (χ4n) is 5.47. The molecule has 1 fully saturated rings. The minimum atomic E-state index is -0.956. The number of phenolic OH excluding ortho intramolecular Hbond substituents is 1. The Balaban J connectivity index is 1.52. The summed E-state index contributed by atoms with van der Waals surface area (Å²) >= 11 is 0. The number of benzene rings is 2. The molecule has 5 unspecified atom stereocenters. The first kappa shape index (κ1) is 26.9. The number of anilines is 1. The first-order chi connectivity index (χ1) is 17.7. The van der Waals surface area contributed by atoms with Gasteiger partial charge in [0.2, 0.25) is 5.91 Å². The molecule has 2 aliphatic rings. The molecule has 1 aliphatic heterocycles. The van der Waals surface area contributed by atoms with Crippen LogP contribution in [-0.2, 0) is 16.0 Å². The van der Waals surface area contributed by atoms with Crippen molar-refractivity contribution in [1.82, 2.24) is 10.2 Å². The fourth-order valence-corrected chi connectivity index (χ4v) is 5.47. The van der Waals surface area contributed by atoms with E-state index in [0.29, 0.717) is 24.6 Å². The topological polar surface area (TPSA) is 111 Å². The molecule has 8 nitrogen and oxygen atoms in total. The molecule has 37 heavy (non-hydrogen) atoms. The molecule has 200 valence electrons. The molecule has 0 radical (unpaired) electrons. The number of nitrogens with one attached hydrogen (secondary N) is 2. The van der Waals surface area contributed by atoms with Crippen LogP contribution in [0.5, 0.6) is 5.75 Å². The Bertz CT molecular complexity index is 1080. The van der Waals surface area contributed by atoms with Crippen LogP contribution in [0.15, 0.2) is 48.5 Å². The summed E-state index contributed by atoms with van der Waals surface area (Å²) < 4.78 is 5.68. The predicted octanol–water partition coefficient (Wildman–Crippen LogP) is 4.23. The second-order valence-electron chi connectivity index (χ2n) is 11.0. The van der Waals surface area contributed by atoms with Gasteiger partial charge in [0.15, 0.2) is 0 Å². The average Bonchev–Trinajstić information content (AvgIpc) is 3.39.